The number of carboxylic acids is 1. The topological polar surface area (TPSA) is 68.9 Å². The van der Waals surface area contributed by atoms with Gasteiger partial charge in [0.05, 0.1) is 6.61 Å². The Bertz CT molecular complexity index is 558. The number of ether oxygens (including phenoxy) is 2. The normalized spacial score (nSPS) is 11.0. The molecular weight excluding hydrogens is 248 g/mol. The second-order valence-corrected chi connectivity index (χ2v) is 4.19. The number of fused-ring (bicyclic) bond motifs is 1. The molecular formula is C14H16O5. The first-order valence-corrected chi connectivity index (χ1v) is 6.03. The molecule has 0 spiro atoms. The summed E-state index contributed by atoms with van der Waals surface area (Å²) in [6.45, 7) is 1.81. The molecule has 1 heterocycles. The Hall–Kier alpha value is -1.85. The standard InChI is InChI=1S/C14H16O5/c1-17-5-2-6-18-9-10-3-4-12-11(7-10)8-13(19-12)14(15)16/h3-4,7-8H,2,5-6,9H2,1H3,(H,15,16). The predicted molar refractivity (Wildman–Crippen MR) is 69.3 cm³/mol. The van der Waals surface area contributed by atoms with Crippen LogP contribution >= 0.6 is 0 Å². The summed E-state index contributed by atoms with van der Waals surface area (Å²) in [6.07, 6.45) is 0.855. The minimum Gasteiger partial charge on any atom is -0.475 e. The Labute approximate surface area is 110 Å². The molecule has 0 aliphatic rings. The number of methoxy groups -OCH3 is 1. The Morgan fingerprint density at radius 1 is 1.32 bits per heavy atom. The Morgan fingerprint density at radius 2 is 2.16 bits per heavy atom. The van der Waals surface area contributed by atoms with Crippen LogP contribution in [-0.2, 0) is 16.1 Å². The van der Waals surface area contributed by atoms with Crippen LogP contribution in [0.3, 0.4) is 0 Å². The number of benzene rings is 1. The van der Waals surface area contributed by atoms with Crippen molar-refractivity contribution >= 4 is 16.9 Å². The monoisotopic (exact) mass is 264 g/mol. The van der Waals surface area contributed by atoms with Crippen molar-refractivity contribution in [1.29, 1.82) is 0 Å². The van der Waals surface area contributed by atoms with Gasteiger partial charge in [0, 0.05) is 25.7 Å². The average Bonchev–Trinajstić information content (AvgIpc) is 2.82. The largest absolute Gasteiger partial charge is 0.475 e. The number of hydrogen-bond acceptors (Lipinski definition) is 4. The van der Waals surface area contributed by atoms with Crippen LogP contribution in [0.4, 0.5) is 0 Å². The number of aromatic carboxylic acids is 1. The molecule has 0 bridgehead atoms. The molecule has 2 aromatic rings. The summed E-state index contributed by atoms with van der Waals surface area (Å²) >= 11 is 0. The summed E-state index contributed by atoms with van der Waals surface area (Å²) in [5.74, 6) is -1.11. The lowest BCUT2D eigenvalue weighted by Crippen LogP contribution is -1.99. The highest BCUT2D eigenvalue weighted by Crippen LogP contribution is 2.21. The van der Waals surface area contributed by atoms with Gasteiger partial charge in [0.2, 0.25) is 5.76 Å². The summed E-state index contributed by atoms with van der Waals surface area (Å²) in [7, 11) is 1.66. The summed E-state index contributed by atoms with van der Waals surface area (Å²) in [5, 5.41) is 9.62. The molecule has 0 unspecified atom stereocenters. The molecule has 0 aliphatic carbocycles. The minimum absolute atomic E-state index is 0.0480. The van der Waals surface area contributed by atoms with Crippen molar-refractivity contribution in [2.75, 3.05) is 20.3 Å². The SMILES string of the molecule is COCCCOCc1ccc2oc(C(=O)O)cc2c1. The fourth-order valence-corrected chi connectivity index (χ4v) is 1.78. The van der Waals surface area contributed by atoms with E-state index in [2.05, 4.69) is 0 Å². The van der Waals surface area contributed by atoms with Crippen molar-refractivity contribution in [3.05, 3.63) is 35.6 Å². The van der Waals surface area contributed by atoms with Crippen molar-refractivity contribution in [1.82, 2.24) is 0 Å². The third-order valence-electron chi connectivity index (χ3n) is 2.70. The van der Waals surface area contributed by atoms with E-state index in [1.54, 1.807) is 13.2 Å². The van der Waals surface area contributed by atoms with Gasteiger partial charge in [-0.2, -0.15) is 0 Å². The number of furan rings is 1. The van der Waals surface area contributed by atoms with Crippen LogP contribution in [0.2, 0.25) is 0 Å². The van der Waals surface area contributed by atoms with Crippen molar-refractivity contribution in [2.24, 2.45) is 0 Å². The first-order valence-electron chi connectivity index (χ1n) is 6.03. The maximum atomic E-state index is 10.8. The van der Waals surface area contributed by atoms with Gasteiger partial charge in [-0.15, -0.1) is 0 Å². The lowest BCUT2D eigenvalue weighted by molar-refractivity contribution is 0.0665. The molecule has 102 valence electrons. The van der Waals surface area contributed by atoms with Crippen LogP contribution in [0.15, 0.2) is 28.7 Å². The van der Waals surface area contributed by atoms with Crippen molar-refractivity contribution in [3.8, 4) is 0 Å². The Balaban J connectivity index is 1.98. The van der Waals surface area contributed by atoms with E-state index in [-0.39, 0.29) is 5.76 Å². The van der Waals surface area contributed by atoms with Crippen LogP contribution < -0.4 is 0 Å². The van der Waals surface area contributed by atoms with Gasteiger partial charge in [-0.05, 0) is 30.2 Å². The number of hydrogen-bond donors (Lipinski definition) is 1. The molecule has 5 heteroatoms. The van der Waals surface area contributed by atoms with E-state index in [0.717, 1.165) is 17.4 Å². The second kappa shape index (κ2) is 6.36. The molecule has 0 aliphatic heterocycles. The quantitative estimate of drug-likeness (QED) is 0.779. The zero-order valence-corrected chi connectivity index (χ0v) is 10.7. The van der Waals surface area contributed by atoms with Gasteiger partial charge in [-0.25, -0.2) is 4.79 Å². The zero-order valence-electron chi connectivity index (χ0n) is 10.7. The van der Waals surface area contributed by atoms with Gasteiger partial charge in [-0.1, -0.05) is 6.07 Å². The molecule has 2 rings (SSSR count). The van der Waals surface area contributed by atoms with Gasteiger partial charge in [-0.3, -0.25) is 0 Å². The van der Waals surface area contributed by atoms with E-state index in [4.69, 9.17) is 19.0 Å². The summed E-state index contributed by atoms with van der Waals surface area (Å²) in [6, 6.07) is 7.02. The molecule has 0 amide bonds. The van der Waals surface area contributed by atoms with Gasteiger partial charge in [0.25, 0.3) is 0 Å². The minimum atomic E-state index is -1.06. The highest BCUT2D eigenvalue weighted by atomic mass is 16.5. The van der Waals surface area contributed by atoms with Gasteiger partial charge in [0.15, 0.2) is 0 Å². The van der Waals surface area contributed by atoms with E-state index < -0.39 is 5.97 Å². The van der Waals surface area contributed by atoms with E-state index in [1.807, 2.05) is 12.1 Å². The molecule has 1 aromatic carbocycles. The van der Waals surface area contributed by atoms with Crippen molar-refractivity contribution < 1.29 is 23.8 Å². The molecule has 0 atom stereocenters. The Morgan fingerprint density at radius 3 is 2.89 bits per heavy atom. The summed E-state index contributed by atoms with van der Waals surface area (Å²) in [4.78, 5) is 10.8. The van der Waals surface area contributed by atoms with Crippen molar-refractivity contribution in [2.45, 2.75) is 13.0 Å². The average molecular weight is 264 g/mol. The first-order chi connectivity index (χ1) is 9.20. The fraction of sp³-hybridized carbons (Fsp3) is 0.357. The molecule has 5 nitrogen and oxygen atoms in total. The molecule has 19 heavy (non-hydrogen) atoms. The summed E-state index contributed by atoms with van der Waals surface area (Å²) < 4.78 is 15.6. The lowest BCUT2D eigenvalue weighted by Gasteiger charge is -2.03. The second-order valence-electron chi connectivity index (χ2n) is 4.19. The van der Waals surface area contributed by atoms with Crippen LogP contribution in [0.1, 0.15) is 22.5 Å². The van der Waals surface area contributed by atoms with Crippen LogP contribution in [0.25, 0.3) is 11.0 Å². The Kier molecular flexibility index (Phi) is 4.54. The highest BCUT2D eigenvalue weighted by Gasteiger charge is 2.10. The number of carboxylic acid groups (broad SMARTS) is 1. The fourth-order valence-electron chi connectivity index (χ4n) is 1.78. The zero-order chi connectivity index (χ0) is 13.7. The van der Waals surface area contributed by atoms with Crippen molar-refractivity contribution in [3.63, 3.8) is 0 Å². The van der Waals surface area contributed by atoms with E-state index in [1.165, 1.54) is 6.07 Å². The van der Waals surface area contributed by atoms with Crippen LogP contribution in [0, 0.1) is 0 Å². The van der Waals surface area contributed by atoms with Gasteiger partial charge < -0.3 is 19.0 Å². The van der Waals surface area contributed by atoms with E-state index >= 15 is 0 Å². The molecule has 0 saturated heterocycles. The number of rotatable bonds is 7. The van der Waals surface area contributed by atoms with E-state index in [9.17, 15) is 4.79 Å². The molecule has 0 saturated carbocycles. The maximum absolute atomic E-state index is 10.8. The van der Waals surface area contributed by atoms with E-state index in [0.29, 0.717) is 25.4 Å². The van der Waals surface area contributed by atoms with Gasteiger partial charge >= 0.3 is 5.97 Å². The third-order valence-corrected chi connectivity index (χ3v) is 2.70. The van der Waals surface area contributed by atoms with Crippen LogP contribution in [0.5, 0.6) is 0 Å². The molecule has 0 radical (unpaired) electrons. The lowest BCUT2D eigenvalue weighted by atomic mass is 10.2. The molecule has 1 N–H and O–H groups in total. The third kappa shape index (κ3) is 3.56. The smallest absolute Gasteiger partial charge is 0.371 e. The molecule has 0 fully saturated rings. The highest BCUT2D eigenvalue weighted by molar-refractivity contribution is 5.91. The first kappa shape index (κ1) is 13.6. The summed E-state index contributed by atoms with van der Waals surface area (Å²) in [5.41, 5.74) is 1.56. The van der Waals surface area contributed by atoms with Gasteiger partial charge in [0.1, 0.15) is 5.58 Å². The predicted octanol–water partition coefficient (Wildman–Crippen LogP) is 2.68. The number of carbonyl (C=O) groups is 1. The maximum Gasteiger partial charge on any atom is 0.371 e. The molecule has 1 aromatic heterocycles. The van der Waals surface area contributed by atoms with Crippen LogP contribution in [-0.4, -0.2) is 31.4 Å².